The van der Waals surface area contributed by atoms with Crippen LogP contribution >= 0.6 is 0 Å². The molecule has 1 saturated carbocycles. The van der Waals surface area contributed by atoms with E-state index in [0.29, 0.717) is 12.3 Å². The number of amides is 2. The third kappa shape index (κ3) is 5.23. The smallest absolute Gasteiger partial charge is 0.315 e. The van der Waals surface area contributed by atoms with E-state index in [0.717, 1.165) is 25.7 Å². The molecule has 3 N–H and O–H groups in total. The highest BCUT2D eigenvalue weighted by atomic mass is 19.1. The molecule has 6 heteroatoms. The zero-order valence-electron chi connectivity index (χ0n) is 11.8. The third-order valence-electron chi connectivity index (χ3n) is 3.50. The third-order valence-corrected chi connectivity index (χ3v) is 3.50. The zero-order valence-corrected chi connectivity index (χ0v) is 11.8. The van der Waals surface area contributed by atoms with Crippen LogP contribution in [0.3, 0.4) is 0 Å². The minimum absolute atomic E-state index is 0.178. The fourth-order valence-corrected chi connectivity index (χ4v) is 2.39. The highest BCUT2D eigenvalue weighted by Crippen LogP contribution is 2.18. The second kappa shape index (κ2) is 7.83. The first-order chi connectivity index (χ1) is 10.1. The average Bonchev–Trinajstić information content (AvgIpc) is 2.46. The minimum Gasteiger partial charge on any atom is -0.492 e. The topological polar surface area (TPSA) is 70.6 Å². The summed E-state index contributed by atoms with van der Waals surface area (Å²) < 4.78 is 18.2. The Balaban J connectivity index is 1.63. The number of carbonyl (C=O) groups excluding carboxylic acids is 1. The van der Waals surface area contributed by atoms with Crippen molar-refractivity contribution in [2.24, 2.45) is 0 Å². The Hall–Kier alpha value is -1.82. The van der Waals surface area contributed by atoms with Crippen LogP contribution in [0.1, 0.15) is 25.7 Å². The molecule has 1 aliphatic carbocycles. The summed E-state index contributed by atoms with van der Waals surface area (Å²) in [5.41, 5.74) is 0. The number of urea groups is 1. The van der Waals surface area contributed by atoms with Gasteiger partial charge in [-0.2, -0.15) is 0 Å². The maximum Gasteiger partial charge on any atom is 0.315 e. The van der Waals surface area contributed by atoms with Crippen molar-refractivity contribution in [3.63, 3.8) is 0 Å². The molecule has 21 heavy (non-hydrogen) atoms. The summed E-state index contributed by atoms with van der Waals surface area (Å²) in [5, 5.41) is 15.2. The van der Waals surface area contributed by atoms with Gasteiger partial charge >= 0.3 is 6.03 Å². The van der Waals surface area contributed by atoms with Crippen LogP contribution in [0.2, 0.25) is 0 Å². The second-order valence-electron chi connectivity index (χ2n) is 5.16. The maximum absolute atomic E-state index is 12.9. The van der Waals surface area contributed by atoms with Crippen LogP contribution in [0.15, 0.2) is 24.3 Å². The molecule has 2 rings (SSSR count). The van der Waals surface area contributed by atoms with Crippen molar-refractivity contribution in [2.45, 2.75) is 37.8 Å². The van der Waals surface area contributed by atoms with E-state index in [9.17, 15) is 14.3 Å². The Bertz CT molecular complexity index is 470. The summed E-state index contributed by atoms with van der Waals surface area (Å²) in [6.07, 6.45) is 3.09. The molecule has 1 fully saturated rings. The number of benzene rings is 1. The molecule has 0 bridgehead atoms. The van der Waals surface area contributed by atoms with Crippen LogP contribution in [0, 0.1) is 5.82 Å². The number of aliphatic hydroxyl groups is 1. The van der Waals surface area contributed by atoms with Gasteiger partial charge in [-0.15, -0.1) is 0 Å². The summed E-state index contributed by atoms with van der Waals surface area (Å²) in [6.45, 7) is 0.565. The maximum atomic E-state index is 12.9. The van der Waals surface area contributed by atoms with Crippen LogP contribution in [-0.2, 0) is 0 Å². The SMILES string of the molecule is O=C(NCCOc1cccc(F)c1)NC1CCCCC1O. The Kier molecular flexibility index (Phi) is 5.80. The van der Waals surface area contributed by atoms with E-state index in [1.807, 2.05) is 0 Å². The van der Waals surface area contributed by atoms with E-state index in [1.54, 1.807) is 12.1 Å². The van der Waals surface area contributed by atoms with Gasteiger partial charge in [0, 0.05) is 6.07 Å². The largest absolute Gasteiger partial charge is 0.492 e. The van der Waals surface area contributed by atoms with Crippen LogP contribution in [0.5, 0.6) is 5.75 Å². The number of rotatable bonds is 5. The number of hydrogen-bond donors (Lipinski definition) is 3. The van der Waals surface area contributed by atoms with Crippen molar-refractivity contribution in [3.8, 4) is 5.75 Å². The molecule has 1 aromatic rings. The van der Waals surface area contributed by atoms with Crippen molar-refractivity contribution in [1.29, 1.82) is 0 Å². The molecule has 0 aliphatic heterocycles. The lowest BCUT2D eigenvalue weighted by atomic mass is 9.93. The summed E-state index contributed by atoms with van der Waals surface area (Å²) in [5.74, 6) is 0.0735. The number of ether oxygens (including phenoxy) is 1. The quantitative estimate of drug-likeness (QED) is 0.726. The van der Waals surface area contributed by atoms with Gasteiger partial charge in [-0.1, -0.05) is 18.9 Å². The monoisotopic (exact) mass is 296 g/mol. The predicted octanol–water partition coefficient (Wildman–Crippen LogP) is 1.81. The molecule has 0 aromatic heterocycles. The van der Waals surface area contributed by atoms with Gasteiger partial charge in [0.15, 0.2) is 0 Å². The van der Waals surface area contributed by atoms with Gasteiger partial charge in [-0.05, 0) is 25.0 Å². The van der Waals surface area contributed by atoms with Gasteiger partial charge in [0.25, 0.3) is 0 Å². The first-order valence-electron chi connectivity index (χ1n) is 7.26. The molecule has 1 aliphatic rings. The van der Waals surface area contributed by atoms with E-state index in [-0.39, 0.29) is 24.5 Å². The number of aliphatic hydroxyl groups excluding tert-OH is 1. The summed E-state index contributed by atoms with van der Waals surface area (Å²) in [4.78, 5) is 11.7. The van der Waals surface area contributed by atoms with E-state index >= 15 is 0 Å². The number of halogens is 1. The lowest BCUT2D eigenvalue weighted by Gasteiger charge is -2.28. The predicted molar refractivity (Wildman–Crippen MR) is 76.7 cm³/mol. The van der Waals surface area contributed by atoms with Crippen LogP contribution in [0.25, 0.3) is 0 Å². The standard InChI is InChI=1S/C15H21FN2O3/c16-11-4-3-5-12(10-11)21-9-8-17-15(20)18-13-6-1-2-7-14(13)19/h3-5,10,13-14,19H,1-2,6-9H2,(H2,17,18,20). The Morgan fingerprint density at radius 2 is 2.19 bits per heavy atom. The van der Waals surface area contributed by atoms with Crippen molar-refractivity contribution in [3.05, 3.63) is 30.1 Å². The van der Waals surface area contributed by atoms with Gasteiger partial charge in [-0.3, -0.25) is 0 Å². The van der Waals surface area contributed by atoms with Gasteiger partial charge in [0.1, 0.15) is 18.2 Å². The molecule has 0 heterocycles. The van der Waals surface area contributed by atoms with Crippen molar-refractivity contribution in [2.75, 3.05) is 13.2 Å². The molecule has 0 radical (unpaired) electrons. The molecule has 116 valence electrons. The van der Waals surface area contributed by atoms with Crippen molar-refractivity contribution in [1.82, 2.24) is 10.6 Å². The number of nitrogens with one attached hydrogen (secondary N) is 2. The minimum atomic E-state index is -0.465. The summed E-state index contributed by atoms with van der Waals surface area (Å²) >= 11 is 0. The zero-order chi connectivity index (χ0) is 15.1. The Morgan fingerprint density at radius 3 is 2.95 bits per heavy atom. The molecule has 5 nitrogen and oxygen atoms in total. The lowest BCUT2D eigenvalue weighted by molar-refractivity contribution is 0.0942. The van der Waals surface area contributed by atoms with Gasteiger partial charge in [0.2, 0.25) is 0 Å². The van der Waals surface area contributed by atoms with E-state index in [1.165, 1.54) is 12.1 Å². The molecule has 2 unspecified atom stereocenters. The highest BCUT2D eigenvalue weighted by molar-refractivity contribution is 5.74. The normalized spacial score (nSPS) is 21.6. The average molecular weight is 296 g/mol. The first-order valence-corrected chi connectivity index (χ1v) is 7.26. The molecular formula is C15H21FN2O3. The number of carbonyl (C=O) groups is 1. The van der Waals surface area contributed by atoms with Gasteiger partial charge in [0.05, 0.1) is 18.7 Å². The lowest BCUT2D eigenvalue weighted by Crippen LogP contribution is -2.49. The Morgan fingerprint density at radius 1 is 1.38 bits per heavy atom. The molecule has 0 saturated heterocycles. The molecular weight excluding hydrogens is 275 g/mol. The van der Waals surface area contributed by atoms with E-state index in [4.69, 9.17) is 4.74 Å². The summed E-state index contributed by atoms with van der Waals surface area (Å²) in [7, 11) is 0. The van der Waals surface area contributed by atoms with E-state index in [2.05, 4.69) is 10.6 Å². The highest BCUT2D eigenvalue weighted by Gasteiger charge is 2.24. The van der Waals surface area contributed by atoms with Gasteiger partial charge < -0.3 is 20.5 Å². The van der Waals surface area contributed by atoms with Crippen molar-refractivity contribution >= 4 is 6.03 Å². The van der Waals surface area contributed by atoms with Crippen LogP contribution < -0.4 is 15.4 Å². The fourth-order valence-electron chi connectivity index (χ4n) is 2.39. The van der Waals surface area contributed by atoms with Crippen molar-refractivity contribution < 1.29 is 19.0 Å². The molecule has 0 spiro atoms. The summed E-state index contributed by atoms with van der Waals surface area (Å²) in [6, 6.07) is 5.36. The fraction of sp³-hybridized carbons (Fsp3) is 0.533. The molecule has 2 amide bonds. The van der Waals surface area contributed by atoms with Gasteiger partial charge in [-0.25, -0.2) is 9.18 Å². The second-order valence-corrected chi connectivity index (χ2v) is 5.16. The molecule has 2 atom stereocenters. The van der Waals surface area contributed by atoms with E-state index < -0.39 is 6.10 Å². The molecule has 1 aromatic carbocycles. The Labute approximate surface area is 123 Å². The van der Waals surface area contributed by atoms with Crippen LogP contribution in [-0.4, -0.2) is 36.4 Å². The van der Waals surface area contributed by atoms with Crippen LogP contribution in [0.4, 0.5) is 9.18 Å². The number of hydrogen-bond acceptors (Lipinski definition) is 3. The first kappa shape index (κ1) is 15.6.